The van der Waals surface area contributed by atoms with Crippen LogP contribution in [0.5, 0.6) is 0 Å². The van der Waals surface area contributed by atoms with Crippen LogP contribution in [0.1, 0.15) is 12.8 Å². The molecular formula is C13H16N2O5. The molecule has 4 rings (SSSR count). The highest BCUT2D eigenvalue weighted by molar-refractivity contribution is 5.87. The van der Waals surface area contributed by atoms with E-state index in [1.165, 1.54) is 9.80 Å². The monoisotopic (exact) mass is 280 g/mol. The highest BCUT2D eigenvalue weighted by Crippen LogP contribution is 2.45. The molecule has 0 aromatic heterocycles. The van der Waals surface area contributed by atoms with Crippen molar-refractivity contribution in [3.05, 3.63) is 0 Å². The minimum Gasteiger partial charge on any atom is -0.343 e. The van der Waals surface area contributed by atoms with E-state index in [1.807, 2.05) is 0 Å². The molecule has 0 N–H and O–H groups in total. The Labute approximate surface area is 115 Å². The number of ether oxygens (including phenoxy) is 2. The minimum absolute atomic E-state index is 0.566. The fourth-order valence-corrected chi connectivity index (χ4v) is 3.39. The van der Waals surface area contributed by atoms with Crippen LogP contribution >= 0.6 is 0 Å². The number of piperidine rings is 2. The van der Waals surface area contributed by atoms with E-state index in [2.05, 4.69) is 9.47 Å². The maximum atomic E-state index is 11.7. The van der Waals surface area contributed by atoms with Crippen LogP contribution in [-0.4, -0.2) is 54.3 Å². The Kier molecular flexibility index (Phi) is 2.46. The fraction of sp³-hybridized carbons (Fsp3) is 0.769. The molecule has 4 atom stereocenters. The summed E-state index contributed by atoms with van der Waals surface area (Å²) in [7, 11) is 0. The number of rotatable bonds is 0. The summed E-state index contributed by atoms with van der Waals surface area (Å²) < 4.78 is 9.10. The summed E-state index contributed by atoms with van der Waals surface area (Å²) in [6.07, 6.45) is -0.326. The number of fused-ring (bicyclic) bond motifs is 2. The first-order valence-corrected chi connectivity index (χ1v) is 7.07. The lowest BCUT2D eigenvalue weighted by molar-refractivity contribution is 0.0663. The average Bonchev–Trinajstić information content (AvgIpc) is 3.24. The Morgan fingerprint density at radius 2 is 1.05 bits per heavy atom. The van der Waals surface area contributed by atoms with E-state index >= 15 is 0 Å². The maximum Gasteiger partial charge on any atom is 0.526 e. The molecule has 4 fully saturated rings. The van der Waals surface area contributed by atoms with Crippen molar-refractivity contribution in [2.24, 2.45) is 23.7 Å². The SMILES string of the molecule is O=C(OC(=O)N1CC2CC2C1)OC(=O)N1CC2CC2C1. The van der Waals surface area contributed by atoms with Crippen LogP contribution in [0.4, 0.5) is 14.4 Å². The van der Waals surface area contributed by atoms with Gasteiger partial charge >= 0.3 is 18.3 Å². The molecule has 2 aliphatic heterocycles. The molecule has 2 saturated carbocycles. The second kappa shape index (κ2) is 4.10. The summed E-state index contributed by atoms with van der Waals surface area (Å²) in [5.74, 6) is 2.26. The van der Waals surface area contributed by atoms with Crippen molar-refractivity contribution in [1.29, 1.82) is 0 Å². The normalized spacial score (nSPS) is 36.2. The molecule has 20 heavy (non-hydrogen) atoms. The van der Waals surface area contributed by atoms with Crippen LogP contribution in [0.3, 0.4) is 0 Å². The van der Waals surface area contributed by atoms with Gasteiger partial charge in [0.25, 0.3) is 0 Å². The summed E-state index contributed by atoms with van der Waals surface area (Å²) in [6.45, 7) is 2.56. The molecule has 2 amide bonds. The van der Waals surface area contributed by atoms with Gasteiger partial charge in [-0.25, -0.2) is 14.4 Å². The highest BCUT2D eigenvalue weighted by atomic mass is 16.8. The molecule has 0 bridgehead atoms. The number of amides is 2. The van der Waals surface area contributed by atoms with Gasteiger partial charge in [0.05, 0.1) is 0 Å². The van der Waals surface area contributed by atoms with Crippen molar-refractivity contribution in [1.82, 2.24) is 9.80 Å². The number of nitrogens with zero attached hydrogens (tertiary/aromatic N) is 2. The van der Waals surface area contributed by atoms with Gasteiger partial charge in [0.15, 0.2) is 0 Å². The molecule has 0 aromatic rings. The van der Waals surface area contributed by atoms with Gasteiger partial charge in [0.2, 0.25) is 0 Å². The molecule has 7 nitrogen and oxygen atoms in total. The molecule has 4 aliphatic rings. The molecule has 2 saturated heterocycles. The van der Waals surface area contributed by atoms with Crippen LogP contribution in [0, 0.1) is 23.7 Å². The third-order valence-electron chi connectivity index (χ3n) is 4.82. The van der Waals surface area contributed by atoms with Gasteiger partial charge in [-0.2, -0.15) is 0 Å². The largest absolute Gasteiger partial charge is 0.526 e. The molecule has 4 unspecified atom stereocenters. The van der Waals surface area contributed by atoms with E-state index < -0.39 is 18.3 Å². The fourth-order valence-electron chi connectivity index (χ4n) is 3.39. The zero-order valence-corrected chi connectivity index (χ0v) is 11.0. The predicted molar refractivity (Wildman–Crippen MR) is 64.7 cm³/mol. The summed E-state index contributed by atoms with van der Waals surface area (Å²) in [4.78, 5) is 37.7. The van der Waals surface area contributed by atoms with Crippen LogP contribution < -0.4 is 0 Å². The Morgan fingerprint density at radius 1 is 0.700 bits per heavy atom. The van der Waals surface area contributed by atoms with Crippen molar-refractivity contribution < 1.29 is 23.9 Å². The maximum absolute atomic E-state index is 11.7. The van der Waals surface area contributed by atoms with Crippen molar-refractivity contribution in [2.75, 3.05) is 26.2 Å². The zero-order valence-electron chi connectivity index (χ0n) is 11.0. The number of carbonyl (C=O) groups is 3. The predicted octanol–water partition coefficient (Wildman–Crippen LogP) is 1.28. The van der Waals surface area contributed by atoms with Gasteiger partial charge < -0.3 is 19.3 Å². The van der Waals surface area contributed by atoms with Crippen LogP contribution in [-0.2, 0) is 9.47 Å². The first-order valence-electron chi connectivity index (χ1n) is 7.07. The lowest BCUT2D eigenvalue weighted by atomic mass is 10.4. The average molecular weight is 280 g/mol. The highest BCUT2D eigenvalue weighted by Gasteiger charge is 2.48. The first kappa shape index (κ1) is 12.0. The Balaban J connectivity index is 1.23. The molecule has 108 valence electrons. The summed E-state index contributed by atoms with van der Waals surface area (Å²) in [5, 5.41) is 0. The number of hydrogen-bond donors (Lipinski definition) is 0. The number of likely N-dealkylation sites (tertiary alicyclic amines) is 2. The third kappa shape index (κ3) is 2.10. The summed E-state index contributed by atoms with van der Waals surface area (Å²) in [6, 6.07) is 0. The van der Waals surface area contributed by atoms with Gasteiger partial charge in [0.1, 0.15) is 0 Å². The molecule has 0 spiro atoms. The molecule has 2 aliphatic carbocycles. The molecule has 0 aromatic carbocycles. The Bertz CT molecular complexity index is 431. The zero-order chi connectivity index (χ0) is 13.9. The smallest absolute Gasteiger partial charge is 0.343 e. The standard InChI is InChI=1S/C13H16N2O5/c16-11(14-3-7-1-8(7)4-14)19-13(18)20-12(17)15-5-9-2-10(9)6-15/h7-10H,1-6H2. The van der Waals surface area contributed by atoms with E-state index in [9.17, 15) is 14.4 Å². The van der Waals surface area contributed by atoms with Crippen LogP contribution in [0.15, 0.2) is 0 Å². The van der Waals surface area contributed by atoms with Gasteiger partial charge in [-0.05, 0) is 36.5 Å². The Hall–Kier alpha value is -1.79. The molecule has 0 radical (unpaired) electrons. The van der Waals surface area contributed by atoms with E-state index in [-0.39, 0.29) is 0 Å². The van der Waals surface area contributed by atoms with Crippen molar-refractivity contribution in [3.8, 4) is 0 Å². The van der Waals surface area contributed by atoms with Crippen LogP contribution in [0.2, 0.25) is 0 Å². The van der Waals surface area contributed by atoms with Crippen molar-refractivity contribution in [2.45, 2.75) is 12.8 Å². The summed E-state index contributed by atoms with van der Waals surface area (Å²) in [5.41, 5.74) is 0. The van der Waals surface area contributed by atoms with E-state index in [0.29, 0.717) is 49.9 Å². The minimum atomic E-state index is -1.22. The molecular weight excluding hydrogens is 264 g/mol. The van der Waals surface area contributed by atoms with Crippen LogP contribution in [0.25, 0.3) is 0 Å². The lowest BCUT2D eigenvalue weighted by Crippen LogP contribution is -2.36. The second-order valence-electron chi connectivity index (χ2n) is 6.31. The van der Waals surface area contributed by atoms with E-state index in [4.69, 9.17) is 0 Å². The lowest BCUT2D eigenvalue weighted by Gasteiger charge is -2.18. The Morgan fingerprint density at radius 3 is 1.40 bits per heavy atom. The number of hydrogen-bond acceptors (Lipinski definition) is 5. The van der Waals surface area contributed by atoms with Crippen molar-refractivity contribution in [3.63, 3.8) is 0 Å². The molecule has 7 heteroatoms. The first-order chi connectivity index (χ1) is 9.60. The van der Waals surface area contributed by atoms with Gasteiger partial charge in [0, 0.05) is 26.2 Å². The number of carbonyl (C=O) groups excluding carboxylic acids is 3. The van der Waals surface area contributed by atoms with E-state index in [1.54, 1.807) is 0 Å². The van der Waals surface area contributed by atoms with Gasteiger partial charge in [-0.3, -0.25) is 0 Å². The van der Waals surface area contributed by atoms with E-state index in [0.717, 1.165) is 12.8 Å². The van der Waals surface area contributed by atoms with Crippen molar-refractivity contribution >= 4 is 18.3 Å². The van der Waals surface area contributed by atoms with Gasteiger partial charge in [-0.15, -0.1) is 0 Å². The summed E-state index contributed by atoms with van der Waals surface area (Å²) >= 11 is 0. The quantitative estimate of drug-likeness (QED) is 0.493. The third-order valence-corrected chi connectivity index (χ3v) is 4.82. The topological polar surface area (TPSA) is 76.1 Å². The second-order valence-corrected chi connectivity index (χ2v) is 6.31. The molecule has 2 heterocycles. The van der Waals surface area contributed by atoms with Gasteiger partial charge in [-0.1, -0.05) is 0 Å².